The van der Waals surface area contributed by atoms with Gasteiger partial charge in [0.2, 0.25) is 5.91 Å². The molecule has 2 aromatic carbocycles. The molecule has 0 aliphatic rings. The number of ether oxygens (including phenoxy) is 1. The third-order valence-electron chi connectivity index (χ3n) is 4.18. The summed E-state index contributed by atoms with van der Waals surface area (Å²) in [4.78, 5) is 12.3. The van der Waals surface area contributed by atoms with E-state index in [0.29, 0.717) is 12.5 Å². The maximum Gasteiger partial charge on any atom is 0.243 e. The lowest BCUT2D eigenvalue weighted by atomic mass is 10.1. The van der Waals surface area contributed by atoms with E-state index in [1.54, 1.807) is 0 Å². The number of nitrogens with one attached hydrogen (secondary N) is 2. The highest BCUT2D eigenvalue weighted by Gasteiger charge is 2.07. The molecular formula is C22H30N2O2. The highest BCUT2D eigenvalue weighted by atomic mass is 16.5. The zero-order valence-corrected chi connectivity index (χ0v) is 16.5. The summed E-state index contributed by atoms with van der Waals surface area (Å²) in [6.45, 7) is 11.4. The first-order valence-electron chi connectivity index (χ1n) is 9.19. The second kappa shape index (κ2) is 9.27. The average molecular weight is 354 g/mol. The summed E-state index contributed by atoms with van der Waals surface area (Å²) in [5.74, 6) is 1.31. The number of carbonyl (C=O) groups is 1. The number of rotatable bonds is 8. The van der Waals surface area contributed by atoms with Gasteiger partial charge < -0.3 is 15.4 Å². The number of hydrogen-bond donors (Lipinski definition) is 2. The predicted octanol–water partition coefficient (Wildman–Crippen LogP) is 5.09. The fraction of sp³-hybridized carbons (Fsp3) is 0.409. The Hall–Kier alpha value is -2.49. The van der Waals surface area contributed by atoms with Crippen LogP contribution in [0.15, 0.2) is 36.4 Å². The Bertz CT molecular complexity index is 731. The molecule has 0 fully saturated rings. The van der Waals surface area contributed by atoms with Crippen molar-refractivity contribution >= 4 is 17.3 Å². The van der Waals surface area contributed by atoms with E-state index in [9.17, 15) is 4.79 Å². The van der Waals surface area contributed by atoms with Crippen LogP contribution in [-0.2, 0) is 4.79 Å². The number of anilines is 2. The molecule has 0 aliphatic heterocycles. The van der Waals surface area contributed by atoms with E-state index in [4.69, 9.17) is 4.74 Å². The van der Waals surface area contributed by atoms with Crippen LogP contribution in [0.25, 0.3) is 0 Å². The minimum absolute atomic E-state index is 0.0799. The van der Waals surface area contributed by atoms with Gasteiger partial charge >= 0.3 is 0 Å². The third-order valence-corrected chi connectivity index (χ3v) is 4.18. The fourth-order valence-corrected chi connectivity index (χ4v) is 2.91. The van der Waals surface area contributed by atoms with Crippen molar-refractivity contribution in [1.29, 1.82) is 0 Å². The first kappa shape index (κ1) is 19.8. The molecule has 2 N–H and O–H groups in total. The average Bonchev–Trinajstić information content (AvgIpc) is 2.53. The van der Waals surface area contributed by atoms with Crippen LogP contribution in [0.1, 0.15) is 37.0 Å². The predicted molar refractivity (Wildman–Crippen MR) is 109 cm³/mol. The van der Waals surface area contributed by atoms with Crippen molar-refractivity contribution in [1.82, 2.24) is 0 Å². The van der Waals surface area contributed by atoms with Crippen LogP contribution in [0.3, 0.4) is 0 Å². The summed E-state index contributed by atoms with van der Waals surface area (Å²) in [6, 6.07) is 11.8. The molecule has 2 rings (SSSR count). The van der Waals surface area contributed by atoms with Crippen LogP contribution in [0.2, 0.25) is 0 Å². The van der Waals surface area contributed by atoms with Crippen molar-refractivity contribution in [3.63, 3.8) is 0 Å². The maximum absolute atomic E-state index is 12.3. The van der Waals surface area contributed by atoms with Crippen molar-refractivity contribution in [2.45, 2.75) is 41.0 Å². The van der Waals surface area contributed by atoms with Gasteiger partial charge in [-0.1, -0.05) is 37.6 Å². The Balaban J connectivity index is 1.90. The second-order valence-corrected chi connectivity index (χ2v) is 7.23. The minimum atomic E-state index is -0.0799. The zero-order valence-electron chi connectivity index (χ0n) is 16.5. The number of amides is 1. The van der Waals surface area contributed by atoms with Crippen molar-refractivity contribution in [2.75, 3.05) is 23.8 Å². The largest absolute Gasteiger partial charge is 0.494 e. The quantitative estimate of drug-likeness (QED) is 0.694. The molecule has 0 saturated heterocycles. The van der Waals surface area contributed by atoms with E-state index >= 15 is 0 Å². The Morgan fingerprint density at radius 1 is 1.08 bits per heavy atom. The zero-order chi connectivity index (χ0) is 19.1. The van der Waals surface area contributed by atoms with Crippen molar-refractivity contribution in [2.24, 2.45) is 5.92 Å². The van der Waals surface area contributed by atoms with Gasteiger partial charge in [0.05, 0.1) is 13.2 Å². The lowest BCUT2D eigenvalue weighted by Gasteiger charge is -2.14. The lowest BCUT2D eigenvalue weighted by Crippen LogP contribution is -2.22. The van der Waals surface area contributed by atoms with E-state index in [1.807, 2.05) is 24.3 Å². The SMILES string of the molecule is Cc1cc(C)c(NCC(=O)Nc2cccc(OCCC(C)C)c2)c(C)c1. The highest BCUT2D eigenvalue weighted by Crippen LogP contribution is 2.22. The molecule has 2 aromatic rings. The van der Waals surface area contributed by atoms with E-state index in [2.05, 4.69) is 57.4 Å². The molecule has 0 aromatic heterocycles. The number of benzene rings is 2. The summed E-state index contributed by atoms with van der Waals surface area (Å²) in [5.41, 5.74) is 5.30. The monoisotopic (exact) mass is 354 g/mol. The molecule has 0 unspecified atom stereocenters. The summed E-state index contributed by atoms with van der Waals surface area (Å²) < 4.78 is 5.74. The van der Waals surface area contributed by atoms with Crippen LogP contribution in [0, 0.1) is 26.7 Å². The molecule has 0 heterocycles. The number of hydrogen-bond acceptors (Lipinski definition) is 3. The standard InChI is InChI=1S/C22H30N2O2/c1-15(2)9-10-26-20-8-6-7-19(13-20)24-21(25)14-23-22-17(4)11-16(3)12-18(22)5/h6-8,11-13,15,23H,9-10,14H2,1-5H3,(H,24,25). The van der Waals surface area contributed by atoms with E-state index in [1.165, 1.54) is 5.56 Å². The van der Waals surface area contributed by atoms with E-state index < -0.39 is 0 Å². The van der Waals surface area contributed by atoms with E-state index in [-0.39, 0.29) is 12.5 Å². The molecule has 0 radical (unpaired) electrons. The van der Waals surface area contributed by atoms with Gasteiger partial charge in [0, 0.05) is 17.4 Å². The topological polar surface area (TPSA) is 50.4 Å². The van der Waals surface area contributed by atoms with Crippen molar-refractivity contribution < 1.29 is 9.53 Å². The third kappa shape index (κ3) is 6.10. The van der Waals surface area contributed by atoms with Crippen LogP contribution in [0.5, 0.6) is 5.75 Å². The summed E-state index contributed by atoms with van der Waals surface area (Å²) in [6.07, 6.45) is 1.01. The number of carbonyl (C=O) groups excluding carboxylic acids is 1. The Morgan fingerprint density at radius 2 is 1.77 bits per heavy atom. The van der Waals surface area contributed by atoms with Crippen LogP contribution >= 0.6 is 0 Å². The van der Waals surface area contributed by atoms with Gasteiger partial charge in [-0.25, -0.2) is 0 Å². The molecule has 1 amide bonds. The van der Waals surface area contributed by atoms with Crippen LogP contribution in [-0.4, -0.2) is 19.1 Å². The fourth-order valence-electron chi connectivity index (χ4n) is 2.91. The molecule has 4 nitrogen and oxygen atoms in total. The minimum Gasteiger partial charge on any atom is -0.494 e. The van der Waals surface area contributed by atoms with Crippen LogP contribution in [0.4, 0.5) is 11.4 Å². The summed E-state index contributed by atoms with van der Waals surface area (Å²) in [5, 5.41) is 6.17. The Morgan fingerprint density at radius 3 is 2.42 bits per heavy atom. The van der Waals surface area contributed by atoms with Gasteiger partial charge in [-0.2, -0.15) is 0 Å². The smallest absolute Gasteiger partial charge is 0.243 e. The Kier molecular flexibility index (Phi) is 7.07. The maximum atomic E-state index is 12.3. The summed E-state index contributed by atoms with van der Waals surface area (Å²) >= 11 is 0. The Labute approximate surface area is 157 Å². The first-order chi connectivity index (χ1) is 12.3. The van der Waals surface area contributed by atoms with E-state index in [0.717, 1.165) is 34.7 Å². The van der Waals surface area contributed by atoms with Gasteiger partial charge in [-0.05, 0) is 56.4 Å². The van der Waals surface area contributed by atoms with Crippen molar-refractivity contribution in [3.05, 3.63) is 53.1 Å². The second-order valence-electron chi connectivity index (χ2n) is 7.23. The van der Waals surface area contributed by atoms with Crippen molar-refractivity contribution in [3.8, 4) is 5.75 Å². The number of aryl methyl sites for hydroxylation is 3. The normalized spacial score (nSPS) is 10.7. The molecule has 0 atom stereocenters. The van der Waals surface area contributed by atoms with Gasteiger partial charge in [-0.15, -0.1) is 0 Å². The molecule has 0 saturated carbocycles. The molecule has 0 bridgehead atoms. The molecule has 140 valence electrons. The van der Waals surface area contributed by atoms with Gasteiger partial charge in [0.15, 0.2) is 0 Å². The molecule has 26 heavy (non-hydrogen) atoms. The highest BCUT2D eigenvalue weighted by molar-refractivity contribution is 5.94. The van der Waals surface area contributed by atoms with Gasteiger partial charge in [0.25, 0.3) is 0 Å². The lowest BCUT2D eigenvalue weighted by molar-refractivity contribution is -0.114. The van der Waals surface area contributed by atoms with Gasteiger partial charge in [0.1, 0.15) is 5.75 Å². The molecule has 0 aliphatic carbocycles. The molecular weight excluding hydrogens is 324 g/mol. The first-order valence-corrected chi connectivity index (χ1v) is 9.19. The van der Waals surface area contributed by atoms with Crippen LogP contribution < -0.4 is 15.4 Å². The summed E-state index contributed by atoms with van der Waals surface area (Å²) in [7, 11) is 0. The van der Waals surface area contributed by atoms with Gasteiger partial charge in [-0.3, -0.25) is 4.79 Å². The molecule has 0 spiro atoms. The molecule has 4 heteroatoms.